The van der Waals surface area contributed by atoms with Gasteiger partial charge in [0.2, 0.25) is 0 Å². The van der Waals surface area contributed by atoms with E-state index >= 15 is 0 Å². The summed E-state index contributed by atoms with van der Waals surface area (Å²) in [6, 6.07) is -1.15. The molecule has 116 valence electrons. The number of nitrogens with one attached hydrogen (secondary N) is 2. The van der Waals surface area contributed by atoms with Crippen molar-refractivity contribution in [3.8, 4) is 0 Å². The average molecular weight is 302 g/mol. The maximum absolute atomic E-state index is 11.9. The summed E-state index contributed by atoms with van der Waals surface area (Å²) in [5.74, 6) is -0.878. The van der Waals surface area contributed by atoms with Crippen LogP contribution in [0.4, 0.5) is 4.79 Å². The highest BCUT2D eigenvalue weighted by Crippen LogP contribution is 2.26. The Balaban J connectivity index is 2.48. The lowest BCUT2D eigenvalue weighted by Gasteiger charge is -2.29. The van der Waals surface area contributed by atoms with Crippen molar-refractivity contribution in [1.82, 2.24) is 10.6 Å². The van der Waals surface area contributed by atoms with E-state index < -0.39 is 12.0 Å². The maximum atomic E-state index is 11.9. The van der Waals surface area contributed by atoms with E-state index in [1.807, 2.05) is 20.1 Å². The number of carboxylic acids is 1. The highest BCUT2D eigenvalue weighted by Gasteiger charge is 2.31. The van der Waals surface area contributed by atoms with Crippen LogP contribution in [0.2, 0.25) is 0 Å². The lowest BCUT2D eigenvalue weighted by Crippen LogP contribution is -2.51. The number of hydrogen-bond donors (Lipinski definition) is 3. The molecule has 0 bridgehead atoms. The molecule has 0 radical (unpaired) electrons. The molecule has 0 aromatic rings. The number of amides is 2. The highest BCUT2D eigenvalue weighted by atomic mass is 32.2. The molecule has 20 heavy (non-hydrogen) atoms. The molecule has 1 saturated carbocycles. The summed E-state index contributed by atoms with van der Waals surface area (Å²) in [6.07, 6.45) is 7.02. The zero-order valence-electron chi connectivity index (χ0n) is 12.6. The largest absolute Gasteiger partial charge is 0.480 e. The van der Waals surface area contributed by atoms with Crippen LogP contribution in [0.25, 0.3) is 0 Å². The van der Waals surface area contributed by atoms with E-state index in [9.17, 15) is 14.7 Å². The van der Waals surface area contributed by atoms with E-state index in [4.69, 9.17) is 0 Å². The number of hydrogen-bond acceptors (Lipinski definition) is 3. The van der Waals surface area contributed by atoms with E-state index in [2.05, 4.69) is 10.6 Å². The van der Waals surface area contributed by atoms with Crippen LogP contribution < -0.4 is 10.6 Å². The molecule has 0 aliphatic heterocycles. The fourth-order valence-electron chi connectivity index (χ4n) is 2.41. The molecule has 1 fully saturated rings. The molecule has 0 aromatic carbocycles. The lowest BCUT2D eigenvalue weighted by molar-refractivity contribution is -0.141. The van der Waals surface area contributed by atoms with Crippen molar-refractivity contribution in [1.29, 1.82) is 0 Å². The first-order valence-electron chi connectivity index (χ1n) is 7.18. The predicted octanol–water partition coefficient (Wildman–Crippen LogP) is 2.46. The zero-order valence-corrected chi connectivity index (χ0v) is 13.4. The molecule has 1 rings (SSSR count). The summed E-state index contributed by atoms with van der Waals surface area (Å²) >= 11 is 1.66. The second-order valence-corrected chi connectivity index (χ2v) is 7.52. The fraction of sp³-hybridized carbons (Fsp3) is 0.857. The minimum atomic E-state index is -0.934. The van der Waals surface area contributed by atoms with Crippen molar-refractivity contribution in [3.63, 3.8) is 0 Å². The monoisotopic (exact) mass is 302 g/mol. The third kappa shape index (κ3) is 5.61. The van der Waals surface area contributed by atoms with Crippen LogP contribution in [0.5, 0.6) is 0 Å². The molecule has 2 amide bonds. The van der Waals surface area contributed by atoms with E-state index in [0.29, 0.717) is 6.54 Å². The zero-order chi connectivity index (χ0) is 15.2. The molecule has 1 unspecified atom stereocenters. The number of carbonyl (C=O) groups excluding carboxylic acids is 1. The van der Waals surface area contributed by atoms with Gasteiger partial charge < -0.3 is 15.7 Å². The van der Waals surface area contributed by atoms with Gasteiger partial charge in [-0.05, 0) is 38.9 Å². The molecule has 0 spiro atoms. The Bertz CT molecular complexity index is 341. The minimum absolute atomic E-state index is 0.0547. The average Bonchev–Trinajstić information content (AvgIpc) is 2.43. The first-order valence-corrected chi connectivity index (χ1v) is 8.40. The van der Waals surface area contributed by atoms with Crippen molar-refractivity contribution >= 4 is 23.8 Å². The summed E-state index contributed by atoms with van der Waals surface area (Å²) < 4.78 is -0.0547. The highest BCUT2D eigenvalue weighted by molar-refractivity contribution is 7.99. The van der Waals surface area contributed by atoms with Gasteiger partial charge in [-0.15, -0.1) is 0 Å². The van der Waals surface area contributed by atoms with Gasteiger partial charge in [-0.25, -0.2) is 9.59 Å². The van der Waals surface area contributed by atoms with Crippen LogP contribution in [0, 0.1) is 5.92 Å². The normalized spacial score (nSPS) is 18.4. The van der Waals surface area contributed by atoms with Crippen molar-refractivity contribution < 1.29 is 14.7 Å². The smallest absolute Gasteiger partial charge is 0.326 e. The Labute approximate surface area is 125 Å². The Kier molecular flexibility index (Phi) is 6.65. The Morgan fingerprint density at radius 2 is 1.90 bits per heavy atom. The second kappa shape index (κ2) is 7.76. The molecule has 3 N–H and O–H groups in total. The van der Waals surface area contributed by atoms with Gasteiger partial charge >= 0.3 is 12.0 Å². The molecular weight excluding hydrogens is 276 g/mol. The van der Waals surface area contributed by atoms with Gasteiger partial charge in [-0.2, -0.15) is 11.8 Å². The number of carbonyl (C=O) groups is 2. The Hall–Kier alpha value is -0.910. The van der Waals surface area contributed by atoms with E-state index in [0.717, 1.165) is 32.1 Å². The van der Waals surface area contributed by atoms with Gasteiger partial charge in [-0.3, -0.25) is 0 Å². The van der Waals surface area contributed by atoms with Gasteiger partial charge in [0.1, 0.15) is 6.04 Å². The van der Waals surface area contributed by atoms with Gasteiger partial charge in [0.05, 0.1) is 0 Å². The van der Waals surface area contributed by atoms with Crippen LogP contribution in [0.15, 0.2) is 0 Å². The quantitative estimate of drug-likeness (QED) is 0.704. The standard InChI is InChI=1S/C14H26N2O3S/c1-14(2,20-3)9-15-13(19)16-11(12(17)18)10-7-5-4-6-8-10/h10-11H,4-9H2,1-3H3,(H,17,18)(H2,15,16,19). The number of urea groups is 1. The van der Waals surface area contributed by atoms with Crippen LogP contribution in [0.3, 0.4) is 0 Å². The molecular formula is C14H26N2O3S. The summed E-state index contributed by atoms with van der Waals surface area (Å²) in [4.78, 5) is 23.2. The number of carboxylic acid groups (broad SMARTS) is 1. The molecule has 0 aromatic heterocycles. The van der Waals surface area contributed by atoms with Gasteiger partial charge in [0.15, 0.2) is 0 Å². The van der Waals surface area contributed by atoms with Crippen LogP contribution >= 0.6 is 11.8 Å². The van der Waals surface area contributed by atoms with Crippen LogP contribution in [0.1, 0.15) is 46.0 Å². The Morgan fingerprint density at radius 1 is 1.30 bits per heavy atom. The number of thioether (sulfide) groups is 1. The van der Waals surface area contributed by atoms with Crippen LogP contribution in [-0.4, -0.2) is 40.7 Å². The molecule has 0 saturated heterocycles. The predicted molar refractivity (Wildman–Crippen MR) is 82.1 cm³/mol. The molecule has 5 nitrogen and oxygen atoms in total. The summed E-state index contributed by atoms with van der Waals surface area (Å²) in [7, 11) is 0. The first kappa shape index (κ1) is 17.1. The number of aliphatic carboxylic acids is 1. The van der Waals surface area contributed by atoms with Crippen molar-refractivity contribution in [2.24, 2.45) is 5.92 Å². The molecule has 1 atom stereocenters. The Morgan fingerprint density at radius 3 is 2.40 bits per heavy atom. The second-order valence-electron chi connectivity index (χ2n) is 6.00. The summed E-state index contributed by atoms with van der Waals surface area (Å²) in [5, 5.41) is 14.7. The summed E-state index contributed by atoms with van der Waals surface area (Å²) in [5.41, 5.74) is 0. The van der Waals surface area contributed by atoms with Crippen molar-refractivity contribution in [2.75, 3.05) is 12.8 Å². The third-order valence-electron chi connectivity index (χ3n) is 3.90. The lowest BCUT2D eigenvalue weighted by atomic mass is 9.84. The topological polar surface area (TPSA) is 78.4 Å². The van der Waals surface area contributed by atoms with E-state index in [-0.39, 0.29) is 16.7 Å². The van der Waals surface area contributed by atoms with Gasteiger partial charge in [-0.1, -0.05) is 19.3 Å². The van der Waals surface area contributed by atoms with Gasteiger partial charge in [0, 0.05) is 11.3 Å². The molecule has 0 heterocycles. The SMILES string of the molecule is CSC(C)(C)CNC(=O)NC(C(=O)O)C1CCCCC1. The molecule has 1 aliphatic carbocycles. The maximum Gasteiger partial charge on any atom is 0.326 e. The van der Waals surface area contributed by atoms with Crippen molar-refractivity contribution in [3.05, 3.63) is 0 Å². The van der Waals surface area contributed by atoms with Gasteiger partial charge in [0.25, 0.3) is 0 Å². The van der Waals surface area contributed by atoms with Crippen LogP contribution in [-0.2, 0) is 4.79 Å². The van der Waals surface area contributed by atoms with E-state index in [1.54, 1.807) is 11.8 Å². The third-order valence-corrected chi connectivity index (χ3v) is 5.15. The first-order chi connectivity index (χ1) is 9.35. The fourth-order valence-corrected chi connectivity index (χ4v) is 2.62. The molecule has 6 heteroatoms. The minimum Gasteiger partial charge on any atom is -0.480 e. The van der Waals surface area contributed by atoms with Crippen molar-refractivity contribution in [2.45, 2.75) is 56.7 Å². The summed E-state index contributed by atoms with van der Waals surface area (Å²) in [6.45, 7) is 4.58. The van der Waals surface area contributed by atoms with E-state index in [1.165, 1.54) is 0 Å². The molecule has 1 aliphatic rings. The number of rotatable bonds is 6.